The number of anilines is 1. The second kappa shape index (κ2) is 11.1. The molecule has 3 aromatic heterocycles. The van der Waals surface area contributed by atoms with Gasteiger partial charge in [0.1, 0.15) is 11.5 Å². The van der Waals surface area contributed by atoms with Crippen molar-refractivity contribution in [1.82, 2.24) is 30.0 Å². The summed E-state index contributed by atoms with van der Waals surface area (Å²) in [7, 11) is 3.56. The summed E-state index contributed by atoms with van der Waals surface area (Å²) in [5.74, 6) is -1.49. The third-order valence-corrected chi connectivity index (χ3v) is 6.81. The van der Waals surface area contributed by atoms with E-state index in [1.54, 1.807) is 24.1 Å². The van der Waals surface area contributed by atoms with Crippen LogP contribution in [0.4, 0.5) is 10.1 Å². The number of aryl methyl sites for hydroxylation is 1. The molecule has 3 N–H and O–H groups in total. The number of piperidine rings is 1. The summed E-state index contributed by atoms with van der Waals surface area (Å²) in [6.07, 6.45) is 7.28. The van der Waals surface area contributed by atoms with Gasteiger partial charge in [0.2, 0.25) is 0 Å². The van der Waals surface area contributed by atoms with Gasteiger partial charge >= 0.3 is 0 Å². The van der Waals surface area contributed by atoms with Crippen LogP contribution < -0.4 is 10.6 Å². The molecule has 38 heavy (non-hydrogen) atoms. The van der Waals surface area contributed by atoms with E-state index in [2.05, 4.69) is 30.6 Å². The molecule has 0 atom stereocenters. The second-order valence-electron chi connectivity index (χ2n) is 9.43. The molecule has 0 spiro atoms. The van der Waals surface area contributed by atoms with Crippen LogP contribution in [-0.2, 0) is 11.8 Å². The molecule has 198 valence electrons. The van der Waals surface area contributed by atoms with Gasteiger partial charge in [-0.1, -0.05) is 0 Å². The average molecular weight is 520 g/mol. The number of amides is 2. The monoisotopic (exact) mass is 519 g/mol. The van der Waals surface area contributed by atoms with Crippen molar-refractivity contribution in [1.29, 1.82) is 0 Å². The standard InChI is InChI=1S/C27H30FN7O3/c1-34-16-20(15-31-34)23-13-18-11-19(14-30-25(18)32-23)27(37)33-24-12-17(3-4-22(24)28)26(36)29-7-10-35-8-5-21(38-2)6-9-35/h3-4,11-16,21H,5-10H2,1-2H3,(H,29,36)(H,30,32)(H,33,37). The predicted molar refractivity (Wildman–Crippen MR) is 141 cm³/mol. The van der Waals surface area contributed by atoms with Crippen LogP contribution in [0.3, 0.4) is 0 Å². The van der Waals surface area contributed by atoms with Crippen molar-refractivity contribution in [3.8, 4) is 11.3 Å². The number of H-pyrrole nitrogens is 1. The first-order valence-electron chi connectivity index (χ1n) is 12.5. The van der Waals surface area contributed by atoms with E-state index in [9.17, 15) is 14.0 Å². The summed E-state index contributed by atoms with van der Waals surface area (Å²) < 4.78 is 21.6. The molecular weight excluding hydrogens is 489 g/mol. The minimum Gasteiger partial charge on any atom is -0.381 e. The quantitative estimate of drug-likeness (QED) is 0.329. The zero-order valence-corrected chi connectivity index (χ0v) is 21.3. The highest BCUT2D eigenvalue weighted by atomic mass is 19.1. The molecule has 1 saturated heterocycles. The van der Waals surface area contributed by atoms with E-state index < -0.39 is 11.7 Å². The Morgan fingerprint density at radius 2 is 1.95 bits per heavy atom. The van der Waals surface area contributed by atoms with E-state index >= 15 is 0 Å². The molecule has 4 aromatic rings. The second-order valence-corrected chi connectivity index (χ2v) is 9.43. The number of nitrogens with zero attached hydrogens (tertiary/aromatic N) is 4. The summed E-state index contributed by atoms with van der Waals surface area (Å²) in [5, 5.41) is 10.3. The summed E-state index contributed by atoms with van der Waals surface area (Å²) in [4.78, 5) is 35.4. The van der Waals surface area contributed by atoms with E-state index in [1.807, 2.05) is 19.3 Å². The zero-order chi connectivity index (χ0) is 26.6. The lowest BCUT2D eigenvalue weighted by Gasteiger charge is -2.31. The molecule has 2 amide bonds. The number of halogens is 1. The molecular formula is C27H30FN7O3. The van der Waals surface area contributed by atoms with Crippen LogP contribution in [0.5, 0.6) is 0 Å². The number of fused-ring (bicyclic) bond motifs is 1. The topological polar surface area (TPSA) is 117 Å². The molecule has 1 fully saturated rings. The number of ether oxygens (including phenoxy) is 1. The lowest BCUT2D eigenvalue weighted by atomic mass is 10.1. The van der Waals surface area contributed by atoms with Gasteiger partial charge in [0, 0.05) is 69.2 Å². The Kier molecular flexibility index (Phi) is 7.47. The average Bonchev–Trinajstić information content (AvgIpc) is 3.55. The molecule has 1 aliphatic rings. The minimum atomic E-state index is -0.634. The van der Waals surface area contributed by atoms with Crippen molar-refractivity contribution in [3.05, 3.63) is 65.9 Å². The van der Waals surface area contributed by atoms with Crippen LogP contribution in [-0.4, -0.2) is 75.9 Å². The number of rotatable bonds is 8. The molecule has 0 bridgehead atoms. The number of pyridine rings is 1. The molecule has 0 radical (unpaired) electrons. The highest BCUT2D eigenvalue weighted by Gasteiger charge is 2.19. The Morgan fingerprint density at radius 3 is 2.68 bits per heavy atom. The van der Waals surface area contributed by atoms with E-state index in [4.69, 9.17) is 4.74 Å². The number of hydrogen-bond acceptors (Lipinski definition) is 6. The zero-order valence-electron chi connectivity index (χ0n) is 21.3. The number of hydrogen-bond donors (Lipinski definition) is 3. The third kappa shape index (κ3) is 5.74. The maximum atomic E-state index is 14.5. The largest absolute Gasteiger partial charge is 0.381 e. The van der Waals surface area contributed by atoms with Crippen LogP contribution in [0.1, 0.15) is 33.6 Å². The highest BCUT2D eigenvalue weighted by Crippen LogP contribution is 2.24. The van der Waals surface area contributed by atoms with E-state index in [0.29, 0.717) is 18.3 Å². The van der Waals surface area contributed by atoms with Gasteiger partial charge in [-0.15, -0.1) is 0 Å². The number of likely N-dealkylation sites (tertiary alicyclic amines) is 1. The molecule has 4 heterocycles. The van der Waals surface area contributed by atoms with Crippen molar-refractivity contribution in [2.45, 2.75) is 18.9 Å². The van der Waals surface area contributed by atoms with Crippen molar-refractivity contribution in [2.24, 2.45) is 7.05 Å². The maximum Gasteiger partial charge on any atom is 0.257 e. The number of benzene rings is 1. The van der Waals surface area contributed by atoms with Gasteiger partial charge in [0.25, 0.3) is 11.8 Å². The van der Waals surface area contributed by atoms with Gasteiger partial charge in [0.15, 0.2) is 0 Å². The summed E-state index contributed by atoms with van der Waals surface area (Å²) in [6, 6.07) is 7.47. The first-order chi connectivity index (χ1) is 18.4. The minimum absolute atomic E-state index is 0.0745. The van der Waals surface area contributed by atoms with Crippen molar-refractivity contribution in [2.75, 3.05) is 38.6 Å². The summed E-state index contributed by atoms with van der Waals surface area (Å²) >= 11 is 0. The first-order valence-corrected chi connectivity index (χ1v) is 12.5. The van der Waals surface area contributed by atoms with Crippen LogP contribution in [0, 0.1) is 5.82 Å². The molecule has 1 aromatic carbocycles. The van der Waals surface area contributed by atoms with Crippen LogP contribution in [0.15, 0.2) is 48.9 Å². The fourth-order valence-electron chi connectivity index (χ4n) is 4.61. The molecule has 11 heteroatoms. The van der Waals surface area contributed by atoms with Crippen molar-refractivity contribution in [3.63, 3.8) is 0 Å². The fourth-order valence-corrected chi connectivity index (χ4v) is 4.61. The van der Waals surface area contributed by atoms with E-state index in [1.165, 1.54) is 24.4 Å². The Bertz CT molecular complexity index is 1460. The molecule has 0 unspecified atom stereocenters. The van der Waals surface area contributed by atoms with Crippen LogP contribution in [0.2, 0.25) is 0 Å². The normalized spacial score (nSPS) is 14.6. The fraction of sp³-hybridized carbons (Fsp3) is 0.333. The molecule has 5 rings (SSSR count). The lowest BCUT2D eigenvalue weighted by molar-refractivity contribution is 0.0413. The van der Waals surface area contributed by atoms with Gasteiger partial charge in [-0.2, -0.15) is 5.10 Å². The SMILES string of the molecule is COC1CCN(CCNC(=O)c2ccc(F)c(NC(=O)c3cnc4[nH]c(-c5cnn(C)c5)cc4c3)c2)CC1. The number of aromatic amines is 1. The number of aromatic nitrogens is 4. The van der Waals surface area contributed by atoms with Crippen molar-refractivity contribution < 1.29 is 18.7 Å². The number of carbonyl (C=O) groups is 2. The summed E-state index contributed by atoms with van der Waals surface area (Å²) in [5.41, 5.74) is 2.79. The van der Waals surface area contributed by atoms with Crippen molar-refractivity contribution >= 4 is 28.5 Å². The Balaban J connectivity index is 1.21. The molecule has 1 aliphatic heterocycles. The van der Waals surface area contributed by atoms with Gasteiger partial charge in [-0.25, -0.2) is 9.37 Å². The van der Waals surface area contributed by atoms with Gasteiger partial charge in [-0.05, 0) is 43.2 Å². The van der Waals surface area contributed by atoms with Gasteiger partial charge < -0.3 is 25.3 Å². The first kappa shape index (κ1) is 25.6. The maximum absolute atomic E-state index is 14.5. The highest BCUT2D eigenvalue weighted by molar-refractivity contribution is 6.06. The van der Waals surface area contributed by atoms with Gasteiger partial charge in [0.05, 0.1) is 29.2 Å². The lowest BCUT2D eigenvalue weighted by Crippen LogP contribution is -2.41. The molecule has 0 saturated carbocycles. The Hall–Kier alpha value is -4.09. The van der Waals surface area contributed by atoms with Gasteiger partial charge in [-0.3, -0.25) is 14.3 Å². The Morgan fingerprint density at radius 1 is 1.13 bits per heavy atom. The van der Waals surface area contributed by atoms with E-state index in [-0.39, 0.29) is 22.7 Å². The predicted octanol–water partition coefficient (Wildman–Crippen LogP) is 3.20. The molecule has 0 aliphatic carbocycles. The van der Waals surface area contributed by atoms with E-state index in [0.717, 1.165) is 49.1 Å². The van der Waals surface area contributed by atoms with Crippen LogP contribution >= 0.6 is 0 Å². The van der Waals surface area contributed by atoms with Crippen LogP contribution in [0.25, 0.3) is 22.3 Å². The number of nitrogens with one attached hydrogen (secondary N) is 3. The third-order valence-electron chi connectivity index (χ3n) is 6.81. The smallest absolute Gasteiger partial charge is 0.257 e. The summed E-state index contributed by atoms with van der Waals surface area (Å²) in [6.45, 7) is 3.05. The number of carbonyl (C=O) groups excluding carboxylic acids is 2. The number of methoxy groups -OCH3 is 1. The Labute approximate surface area is 219 Å². The molecule has 10 nitrogen and oxygen atoms in total.